The summed E-state index contributed by atoms with van der Waals surface area (Å²) in [7, 11) is 0. The summed E-state index contributed by atoms with van der Waals surface area (Å²) in [5.41, 5.74) is -0.813. The number of hydrogen-bond donors (Lipinski definition) is 1. The molecule has 2 bridgehead atoms. The van der Waals surface area contributed by atoms with E-state index in [1.807, 2.05) is 0 Å². The van der Waals surface area contributed by atoms with Gasteiger partial charge in [0.15, 0.2) is 0 Å². The number of aliphatic carboxylic acids is 1. The quantitative estimate of drug-likeness (QED) is 0.524. The molecule has 0 radical (unpaired) electrons. The number of amides is 2. The zero-order chi connectivity index (χ0) is 24.7. The molecule has 4 aliphatic rings. The second-order valence-electron chi connectivity index (χ2n) is 8.31. The number of rotatable bonds is 3. The molecule has 1 saturated carbocycles. The van der Waals surface area contributed by atoms with Crippen molar-refractivity contribution in [1.29, 1.82) is 0 Å². The van der Waals surface area contributed by atoms with Crippen LogP contribution in [0.15, 0.2) is 24.3 Å². The number of carboxylic acids is 1. The minimum Gasteiger partial charge on any atom is -0.475 e. The van der Waals surface area contributed by atoms with Crippen molar-refractivity contribution in [3.8, 4) is 0 Å². The maximum Gasteiger partial charge on any atom is 0.490 e. The fourth-order valence-electron chi connectivity index (χ4n) is 5.03. The predicted octanol–water partition coefficient (Wildman–Crippen LogP) is 3.95. The lowest BCUT2D eigenvalue weighted by molar-refractivity contribution is -0.192. The molecule has 3 saturated heterocycles. The van der Waals surface area contributed by atoms with Crippen LogP contribution >= 0.6 is 0 Å². The Labute approximate surface area is 185 Å². The number of benzene rings is 1. The minimum absolute atomic E-state index is 0.0252. The molecule has 3 aliphatic heterocycles. The molecule has 1 aromatic carbocycles. The van der Waals surface area contributed by atoms with Crippen molar-refractivity contribution >= 4 is 23.5 Å². The molecule has 0 unspecified atom stereocenters. The van der Waals surface area contributed by atoms with Crippen LogP contribution in [-0.4, -0.2) is 53.1 Å². The van der Waals surface area contributed by atoms with Gasteiger partial charge in [0.25, 0.3) is 0 Å². The molecule has 2 amide bonds. The van der Waals surface area contributed by atoms with Crippen molar-refractivity contribution in [2.45, 2.75) is 44.6 Å². The molecule has 182 valence electrons. The highest BCUT2D eigenvalue weighted by molar-refractivity contribution is 6.22. The lowest BCUT2D eigenvalue weighted by atomic mass is 9.66. The Morgan fingerprint density at radius 1 is 1.06 bits per heavy atom. The molecule has 1 aliphatic carbocycles. The highest BCUT2D eigenvalue weighted by Gasteiger charge is 2.60. The highest BCUT2D eigenvalue weighted by atomic mass is 19.4. The fourth-order valence-corrected chi connectivity index (χ4v) is 5.03. The van der Waals surface area contributed by atoms with E-state index >= 15 is 0 Å². The summed E-state index contributed by atoms with van der Waals surface area (Å²) in [6.07, 6.45) is -6.84. The van der Waals surface area contributed by atoms with Crippen molar-refractivity contribution in [1.82, 2.24) is 4.90 Å². The average molecular weight is 480 g/mol. The SMILES string of the molecule is CCCN1C[C@@H]2CC[C@H]1[C@H]1C(=O)N(c3cccc(C(F)(F)F)c3)C(=O)[C@@H]21.O=C(O)C(F)(F)F. The van der Waals surface area contributed by atoms with E-state index in [-0.39, 0.29) is 35.4 Å². The molecule has 5 rings (SSSR count). The third-order valence-corrected chi connectivity index (χ3v) is 6.28. The standard InChI is InChI=1S/C19H21F3N2O2.C2HF3O2/c1-2-8-23-10-11-6-7-14(23)16-15(11)17(25)24(18(16)26)13-5-3-4-12(9-13)19(20,21)22;3-2(4,5)1(6)7/h3-5,9,11,14-16H,2,6-8,10H2,1H3;(H,6,7)/t11-,14-,15-,16+;/m0./s1. The van der Waals surface area contributed by atoms with E-state index in [9.17, 15) is 35.9 Å². The Hall–Kier alpha value is -2.63. The van der Waals surface area contributed by atoms with Crippen LogP contribution in [0.4, 0.5) is 32.0 Å². The predicted molar refractivity (Wildman–Crippen MR) is 103 cm³/mol. The first-order chi connectivity index (χ1) is 15.3. The van der Waals surface area contributed by atoms with Crippen LogP contribution in [0.25, 0.3) is 0 Å². The monoisotopic (exact) mass is 480 g/mol. The van der Waals surface area contributed by atoms with Crippen LogP contribution in [0.1, 0.15) is 31.7 Å². The molecule has 33 heavy (non-hydrogen) atoms. The number of hydrogen-bond acceptors (Lipinski definition) is 4. The molecule has 6 nitrogen and oxygen atoms in total. The van der Waals surface area contributed by atoms with Gasteiger partial charge in [-0.25, -0.2) is 9.69 Å². The lowest BCUT2D eigenvalue weighted by Crippen LogP contribution is -2.58. The van der Waals surface area contributed by atoms with Crippen molar-refractivity contribution in [3.05, 3.63) is 29.8 Å². The second-order valence-corrected chi connectivity index (χ2v) is 8.31. The van der Waals surface area contributed by atoms with Crippen molar-refractivity contribution in [3.63, 3.8) is 0 Å². The number of fused-ring (bicyclic) bond motifs is 2. The van der Waals surface area contributed by atoms with Crippen LogP contribution in [0.5, 0.6) is 0 Å². The summed E-state index contributed by atoms with van der Waals surface area (Å²) in [6.45, 7) is 3.76. The first-order valence-electron chi connectivity index (χ1n) is 10.4. The van der Waals surface area contributed by atoms with Gasteiger partial charge in [-0.15, -0.1) is 0 Å². The van der Waals surface area contributed by atoms with Gasteiger partial charge in [-0.2, -0.15) is 26.3 Å². The number of carbonyl (C=O) groups is 3. The number of carboxylic acid groups (broad SMARTS) is 1. The van der Waals surface area contributed by atoms with Crippen LogP contribution in [0.2, 0.25) is 0 Å². The summed E-state index contributed by atoms with van der Waals surface area (Å²) in [4.78, 5) is 38.2. The Kier molecular flexibility index (Phi) is 6.79. The number of nitrogens with zero attached hydrogens (tertiary/aromatic N) is 2. The highest BCUT2D eigenvalue weighted by Crippen LogP contribution is 2.49. The van der Waals surface area contributed by atoms with E-state index in [1.54, 1.807) is 0 Å². The maximum absolute atomic E-state index is 13.0. The summed E-state index contributed by atoms with van der Waals surface area (Å²) < 4.78 is 70.8. The third kappa shape index (κ3) is 4.85. The van der Waals surface area contributed by atoms with Crippen molar-refractivity contribution in [2.24, 2.45) is 17.8 Å². The molecule has 4 atom stereocenters. The fraction of sp³-hybridized carbons (Fsp3) is 0.571. The summed E-state index contributed by atoms with van der Waals surface area (Å²) in [5, 5.41) is 7.12. The van der Waals surface area contributed by atoms with Crippen LogP contribution in [-0.2, 0) is 20.6 Å². The first-order valence-corrected chi connectivity index (χ1v) is 10.4. The van der Waals surface area contributed by atoms with Gasteiger partial charge >= 0.3 is 18.3 Å². The molecule has 0 spiro atoms. The average Bonchev–Trinajstić information content (AvgIpc) is 3.00. The van der Waals surface area contributed by atoms with Crippen LogP contribution in [0, 0.1) is 17.8 Å². The van der Waals surface area contributed by atoms with Gasteiger partial charge in [0, 0.05) is 12.6 Å². The van der Waals surface area contributed by atoms with Gasteiger partial charge in [0.2, 0.25) is 11.8 Å². The second kappa shape index (κ2) is 8.96. The third-order valence-electron chi connectivity index (χ3n) is 6.28. The van der Waals surface area contributed by atoms with E-state index in [2.05, 4.69) is 11.8 Å². The number of piperidine rings is 2. The van der Waals surface area contributed by atoms with E-state index in [4.69, 9.17) is 9.90 Å². The zero-order valence-electron chi connectivity index (χ0n) is 17.5. The van der Waals surface area contributed by atoms with Gasteiger partial charge in [0.1, 0.15) is 0 Å². The Balaban J connectivity index is 0.000000383. The van der Waals surface area contributed by atoms with Crippen molar-refractivity contribution in [2.75, 3.05) is 18.0 Å². The molecule has 1 aromatic rings. The van der Waals surface area contributed by atoms with E-state index in [1.165, 1.54) is 12.1 Å². The number of imide groups is 1. The number of carbonyl (C=O) groups excluding carboxylic acids is 2. The summed E-state index contributed by atoms with van der Waals surface area (Å²) >= 11 is 0. The van der Waals surface area contributed by atoms with Crippen LogP contribution < -0.4 is 4.90 Å². The van der Waals surface area contributed by atoms with Gasteiger partial charge < -0.3 is 5.11 Å². The van der Waals surface area contributed by atoms with Gasteiger partial charge in [0.05, 0.1) is 23.1 Å². The Morgan fingerprint density at radius 3 is 2.21 bits per heavy atom. The minimum atomic E-state index is -5.08. The zero-order valence-corrected chi connectivity index (χ0v) is 17.5. The topological polar surface area (TPSA) is 77.9 Å². The summed E-state index contributed by atoms with van der Waals surface area (Å²) in [6, 6.07) is 4.54. The summed E-state index contributed by atoms with van der Waals surface area (Å²) in [5.74, 6) is -4.11. The maximum atomic E-state index is 13.0. The molecule has 3 heterocycles. The Bertz CT molecular complexity index is 932. The molecular formula is C21H22F6N2O4. The lowest BCUT2D eigenvalue weighted by Gasteiger charge is -2.50. The van der Waals surface area contributed by atoms with E-state index < -0.39 is 29.8 Å². The largest absolute Gasteiger partial charge is 0.490 e. The molecule has 1 N–H and O–H groups in total. The molecule has 12 heteroatoms. The van der Waals surface area contributed by atoms with Crippen LogP contribution in [0.3, 0.4) is 0 Å². The van der Waals surface area contributed by atoms with Crippen molar-refractivity contribution < 1.29 is 45.8 Å². The van der Waals surface area contributed by atoms with Gasteiger partial charge in [-0.3, -0.25) is 14.5 Å². The van der Waals surface area contributed by atoms with Gasteiger partial charge in [-0.1, -0.05) is 13.0 Å². The number of alkyl halides is 6. The normalized spacial score (nSPS) is 27.3. The smallest absolute Gasteiger partial charge is 0.475 e. The molecule has 0 aromatic heterocycles. The first kappa shape index (κ1) is 25.0. The van der Waals surface area contributed by atoms with Gasteiger partial charge in [-0.05, 0) is 49.9 Å². The van der Waals surface area contributed by atoms with E-state index in [0.29, 0.717) is 0 Å². The Morgan fingerprint density at radius 2 is 1.67 bits per heavy atom. The number of halogens is 6. The number of anilines is 1. The van der Waals surface area contributed by atoms with E-state index in [0.717, 1.165) is 49.4 Å². The molecule has 4 fully saturated rings. The molecular weight excluding hydrogens is 458 g/mol.